The number of amides is 1. The lowest BCUT2D eigenvalue weighted by Crippen LogP contribution is -2.23. The molecule has 0 atom stereocenters. The van der Waals surface area contributed by atoms with E-state index in [9.17, 15) is 14.9 Å². The molecule has 2 heterocycles. The summed E-state index contributed by atoms with van der Waals surface area (Å²) in [5.41, 5.74) is 1.46. The predicted molar refractivity (Wildman–Crippen MR) is 102 cm³/mol. The van der Waals surface area contributed by atoms with Crippen LogP contribution in [-0.2, 0) is 6.54 Å². The zero-order valence-electron chi connectivity index (χ0n) is 14.9. The molecule has 1 saturated carbocycles. The Morgan fingerprint density at radius 3 is 2.82 bits per heavy atom. The summed E-state index contributed by atoms with van der Waals surface area (Å²) in [6.45, 7) is 0.277. The Hall–Kier alpha value is -3.75. The number of nitrogens with one attached hydrogen (secondary N) is 2. The van der Waals surface area contributed by atoms with Crippen LogP contribution in [0.4, 0.5) is 11.4 Å². The van der Waals surface area contributed by atoms with Gasteiger partial charge in [-0.3, -0.25) is 19.5 Å². The number of aromatic nitrogens is 3. The Labute approximate surface area is 160 Å². The van der Waals surface area contributed by atoms with E-state index in [4.69, 9.17) is 0 Å². The molecule has 9 nitrogen and oxygen atoms in total. The fourth-order valence-corrected chi connectivity index (χ4v) is 2.78. The van der Waals surface area contributed by atoms with Crippen LogP contribution in [0.15, 0.2) is 55.2 Å². The number of nitro groups is 1. The number of carbonyl (C=O) groups excluding carboxylic acids is 1. The second-order valence-electron chi connectivity index (χ2n) is 6.58. The van der Waals surface area contributed by atoms with E-state index < -0.39 is 4.92 Å². The number of anilines is 1. The van der Waals surface area contributed by atoms with Crippen LogP contribution in [0.1, 0.15) is 28.8 Å². The van der Waals surface area contributed by atoms with Crippen LogP contribution in [0, 0.1) is 10.1 Å². The maximum absolute atomic E-state index is 12.5. The highest BCUT2D eigenvalue weighted by atomic mass is 16.6. The molecule has 28 heavy (non-hydrogen) atoms. The van der Waals surface area contributed by atoms with Crippen molar-refractivity contribution in [3.05, 3.63) is 76.5 Å². The fraction of sp³-hybridized carbons (Fsp3) is 0.211. The summed E-state index contributed by atoms with van der Waals surface area (Å²) in [7, 11) is 0. The lowest BCUT2D eigenvalue weighted by molar-refractivity contribution is -0.384. The van der Waals surface area contributed by atoms with Crippen molar-refractivity contribution < 1.29 is 9.72 Å². The average Bonchev–Trinajstić information content (AvgIpc) is 3.35. The van der Waals surface area contributed by atoms with E-state index in [-0.39, 0.29) is 29.7 Å². The van der Waals surface area contributed by atoms with Crippen molar-refractivity contribution in [2.75, 3.05) is 5.32 Å². The van der Waals surface area contributed by atoms with Crippen LogP contribution >= 0.6 is 0 Å². The number of hydrogen-bond donors (Lipinski definition) is 2. The number of nitro benzene ring substituents is 1. The van der Waals surface area contributed by atoms with E-state index in [1.807, 2.05) is 6.07 Å². The van der Waals surface area contributed by atoms with Gasteiger partial charge in [0.1, 0.15) is 17.8 Å². The summed E-state index contributed by atoms with van der Waals surface area (Å²) in [5, 5.41) is 17.3. The number of nitrogens with zero attached hydrogens (tertiary/aromatic N) is 4. The highest BCUT2D eigenvalue weighted by Crippen LogP contribution is 2.31. The summed E-state index contributed by atoms with van der Waals surface area (Å²) in [6, 6.07) is 8.42. The summed E-state index contributed by atoms with van der Waals surface area (Å²) < 4.78 is 1.76. The number of rotatable bonds is 7. The Balaban J connectivity index is 1.46. The van der Waals surface area contributed by atoms with E-state index in [0.29, 0.717) is 11.5 Å². The van der Waals surface area contributed by atoms with Crippen LogP contribution in [-0.4, -0.2) is 31.4 Å². The Morgan fingerprint density at radius 2 is 2.11 bits per heavy atom. The Bertz CT molecular complexity index is 1010. The van der Waals surface area contributed by atoms with Crippen molar-refractivity contribution >= 4 is 17.3 Å². The molecule has 1 aliphatic rings. The molecule has 0 aliphatic heterocycles. The lowest BCUT2D eigenvalue weighted by atomic mass is 10.1. The van der Waals surface area contributed by atoms with E-state index in [2.05, 4.69) is 20.6 Å². The Kier molecular flexibility index (Phi) is 4.71. The zero-order chi connectivity index (χ0) is 19.5. The van der Waals surface area contributed by atoms with Gasteiger partial charge in [-0.1, -0.05) is 0 Å². The molecule has 4 rings (SSSR count). The molecule has 3 aromatic rings. The topological polar surface area (TPSA) is 115 Å². The normalized spacial score (nSPS) is 13.1. The van der Waals surface area contributed by atoms with Crippen molar-refractivity contribution in [1.29, 1.82) is 0 Å². The van der Waals surface area contributed by atoms with E-state index >= 15 is 0 Å². The summed E-state index contributed by atoms with van der Waals surface area (Å²) in [5.74, 6) is 0.317. The standard InChI is InChI=1S/C19H18N6O3/c26-19(14-1-4-16(23-15-2-3-15)17(10-14)25(27)28)22-11-13-5-6-21-18(9-13)24-8-7-20-12-24/h1,4-10,12,15,23H,2-3,11H2,(H,22,26). The molecule has 1 aliphatic carbocycles. The maximum Gasteiger partial charge on any atom is 0.293 e. The monoisotopic (exact) mass is 378 g/mol. The zero-order valence-corrected chi connectivity index (χ0v) is 14.9. The van der Waals surface area contributed by atoms with E-state index in [1.165, 1.54) is 6.07 Å². The highest BCUT2D eigenvalue weighted by molar-refractivity contribution is 5.95. The summed E-state index contributed by atoms with van der Waals surface area (Å²) in [6.07, 6.45) is 8.74. The SMILES string of the molecule is O=C(NCc1ccnc(-n2ccnc2)c1)c1ccc(NC2CC2)c([N+](=O)[O-])c1. The summed E-state index contributed by atoms with van der Waals surface area (Å²) >= 11 is 0. The summed E-state index contributed by atoms with van der Waals surface area (Å²) in [4.78, 5) is 31.6. The van der Waals surface area contributed by atoms with Crippen LogP contribution in [0.25, 0.3) is 5.82 Å². The third-order valence-corrected chi connectivity index (χ3v) is 4.43. The first kappa shape index (κ1) is 17.7. The maximum atomic E-state index is 12.5. The molecule has 0 saturated heterocycles. The van der Waals surface area contributed by atoms with Gasteiger partial charge in [0.05, 0.1) is 4.92 Å². The van der Waals surface area contributed by atoms with Gasteiger partial charge in [-0.05, 0) is 42.7 Å². The number of benzene rings is 1. The minimum Gasteiger partial charge on any atom is -0.377 e. The second-order valence-corrected chi connectivity index (χ2v) is 6.58. The first-order chi connectivity index (χ1) is 13.6. The van der Waals surface area contributed by atoms with Gasteiger partial charge in [0, 0.05) is 42.8 Å². The van der Waals surface area contributed by atoms with Crippen LogP contribution in [0.3, 0.4) is 0 Å². The molecule has 0 radical (unpaired) electrons. The van der Waals surface area contributed by atoms with Gasteiger partial charge in [-0.15, -0.1) is 0 Å². The third-order valence-electron chi connectivity index (χ3n) is 4.43. The van der Waals surface area contributed by atoms with Crippen molar-refractivity contribution in [1.82, 2.24) is 19.9 Å². The Morgan fingerprint density at radius 1 is 1.25 bits per heavy atom. The van der Waals surface area contributed by atoms with Gasteiger partial charge in [-0.2, -0.15) is 0 Å². The molecule has 0 unspecified atom stereocenters. The average molecular weight is 378 g/mol. The van der Waals surface area contributed by atoms with Gasteiger partial charge in [0.25, 0.3) is 11.6 Å². The lowest BCUT2D eigenvalue weighted by Gasteiger charge is -2.09. The number of imidazole rings is 1. The molecule has 142 valence electrons. The van der Waals surface area contributed by atoms with Gasteiger partial charge in [0.2, 0.25) is 0 Å². The third kappa shape index (κ3) is 3.98. The molecule has 1 fully saturated rings. The van der Waals surface area contributed by atoms with Gasteiger partial charge in [0.15, 0.2) is 0 Å². The number of hydrogen-bond acceptors (Lipinski definition) is 6. The van der Waals surface area contributed by atoms with Crippen LogP contribution in [0.5, 0.6) is 0 Å². The van der Waals surface area contributed by atoms with Crippen LogP contribution < -0.4 is 10.6 Å². The second kappa shape index (κ2) is 7.47. The predicted octanol–water partition coefficient (Wildman–Crippen LogP) is 2.68. The minimum absolute atomic E-state index is 0.0918. The van der Waals surface area contributed by atoms with Crippen molar-refractivity contribution in [3.63, 3.8) is 0 Å². The van der Waals surface area contributed by atoms with Crippen molar-refractivity contribution in [2.24, 2.45) is 0 Å². The number of pyridine rings is 1. The first-order valence-electron chi connectivity index (χ1n) is 8.86. The van der Waals surface area contributed by atoms with Gasteiger partial charge >= 0.3 is 0 Å². The molecule has 9 heteroatoms. The van der Waals surface area contributed by atoms with Gasteiger partial charge < -0.3 is 10.6 Å². The largest absolute Gasteiger partial charge is 0.377 e. The number of carbonyl (C=O) groups is 1. The molecular formula is C19H18N6O3. The molecule has 0 bridgehead atoms. The smallest absolute Gasteiger partial charge is 0.293 e. The van der Waals surface area contributed by atoms with Crippen molar-refractivity contribution in [3.8, 4) is 5.82 Å². The quantitative estimate of drug-likeness (QED) is 0.482. The first-order valence-corrected chi connectivity index (χ1v) is 8.86. The van der Waals surface area contributed by atoms with Gasteiger partial charge in [-0.25, -0.2) is 9.97 Å². The molecular weight excluding hydrogens is 360 g/mol. The van der Waals surface area contributed by atoms with Crippen LogP contribution in [0.2, 0.25) is 0 Å². The highest BCUT2D eigenvalue weighted by Gasteiger charge is 2.25. The van der Waals surface area contributed by atoms with E-state index in [0.717, 1.165) is 18.4 Å². The molecule has 1 amide bonds. The fourth-order valence-electron chi connectivity index (χ4n) is 2.78. The van der Waals surface area contributed by atoms with E-state index in [1.54, 1.807) is 47.7 Å². The molecule has 2 aromatic heterocycles. The van der Waals surface area contributed by atoms with Crippen molar-refractivity contribution in [2.45, 2.75) is 25.4 Å². The molecule has 2 N–H and O–H groups in total. The molecule has 1 aromatic carbocycles. The molecule has 0 spiro atoms. The minimum atomic E-state index is -0.470.